The van der Waals surface area contributed by atoms with Crippen LogP contribution in [0.4, 0.5) is 5.82 Å². The van der Waals surface area contributed by atoms with Gasteiger partial charge in [0.1, 0.15) is 11.6 Å². The average molecular weight is 280 g/mol. The van der Waals surface area contributed by atoms with Crippen LogP contribution in [0.1, 0.15) is 37.2 Å². The fraction of sp³-hybridized carbons (Fsp3) is 0.333. The number of hydrogen-bond donors (Lipinski definition) is 2. The van der Waals surface area contributed by atoms with Crippen molar-refractivity contribution in [3.63, 3.8) is 0 Å². The molecule has 2 aromatic heterocycles. The monoisotopic (exact) mass is 279 g/mol. The molecule has 1 amide bonds. The Morgan fingerprint density at radius 3 is 2.63 bits per heavy atom. The van der Waals surface area contributed by atoms with Gasteiger partial charge >= 0.3 is 0 Å². The third-order valence-corrected chi connectivity index (χ3v) is 2.59. The van der Waals surface area contributed by atoms with Crippen LogP contribution in [0.5, 0.6) is 0 Å². The lowest BCUT2D eigenvalue weighted by molar-refractivity contribution is 0.101. The summed E-state index contributed by atoms with van der Waals surface area (Å²) in [7, 11) is 0. The highest BCUT2D eigenvalue weighted by molar-refractivity contribution is 6.30. The third-order valence-electron chi connectivity index (χ3n) is 2.37. The van der Waals surface area contributed by atoms with Gasteiger partial charge in [0.25, 0.3) is 5.91 Å². The molecule has 0 bridgehead atoms. The molecule has 0 saturated carbocycles. The van der Waals surface area contributed by atoms with E-state index in [1.54, 1.807) is 12.1 Å². The van der Waals surface area contributed by atoms with Crippen LogP contribution in [0.15, 0.2) is 18.3 Å². The van der Waals surface area contributed by atoms with Gasteiger partial charge in [0, 0.05) is 11.6 Å². The highest BCUT2D eigenvalue weighted by Crippen LogP contribution is 2.17. The zero-order valence-corrected chi connectivity index (χ0v) is 11.6. The average Bonchev–Trinajstić information content (AvgIpc) is 2.81. The Bertz CT molecular complexity index is 585. The number of anilines is 1. The maximum Gasteiger partial charge on any atom is 0.296 e. The lowest BCUT2D eigenvalue weighted by Crippen LogP contribution is -2.16. The van der Waals surface area contributed by atoms with Crippen molar-refractivity contribution in [3.05, 3.63) is 35.0 Å². The van der Waals surface area contributed by atoms with Gasteiger partial charge in [-0.25, -0.2) is 9.97 Å². The van der Waals surface area contributed by atoms with E-state index in [-0.39, 0.29) is 11.2 Å². The molecule has 2 aromatic rings. The summed E-state index contributed by atoms with van der Waals surface area (Å²) in [5.74, 6) is 0.724. The number of carbonyl (C=O) groups is 1. The first-order valence-corrected chi connectivity index (χ1v) is 6.10. The molecule has 2 heterocycles. The van der Waals surface area contributed by atoms with E-state index in [1.165, 1.54) is 6.20 Å². The number of hydrogen-bond acceptors (Lipinski definition) is 4. The van der Waals surface area contributed by atoms with E-state index >= 15 is 0 Å². The lowest BCUT2D eigenvalue weighted by Gasteiger charge is -2.12. The number of amides is 1. The van der Waals surface area contributed by atoms with Crippen molar-refractivity contribution < 1.29 is 4.79 Å². The quantitative estimate of drug-likeness (QED) is 0.884. The molecule has 19 heavy (non-hydrogen) atoms. The lowest BCUT2D eigenvalue weighted by atomic mass is 9.96. The summed E-state index contributed by atoms with van der Waals surface area (Å²) >= 11 is 5.71. The number of aromatic amines is 1. The number of carbonyl (C=O) groups excluding carboxylic acids is 1. The van der Waals surface area contributed by atoms with Gasteiger partial charge in [0.05, 0.1) is 5.02 Å². The fourth-order valence-corrected chi connectivity index (χ4v) is 1.43. The van der Waals surface area contributed by atoms with E-state index in [0.29, 0.717) is 16.7 Å². The molecule has 0 radical (unpaired) electrons. The van der Waals surface area contributed by atoms with Crippen molar-refractivity contribution >= 4 is 23.3 Å². The minimum absolute atomic E-state index is 0.0849. The second-order valence-electron chi connectivity index (χ2n) is 5.07. The zero-order chi connectivity index (χ0) is 14.0. The minimum Gasteiger partial charge on any atom is -0.304 e. The molecule has 0 aliphatic carbocycles. The van der Waals surface area contributed by atoms with Crippen LogP contribution >= 0.6 is 11.6 Å². The van der Waals surface area contributed by atoms with Crippen molar-refractivity contribution in [2.45, 2.75) is 26.2 Å². The number of halogens is 1. The van der Waals surface area contributed by atoms with Crippen molar-refractivity contribution in [2.24, 2.45) is 0 Å². The molecule has 0 aromatic carbocycles. The van der Waals surface area contributed by atoms with E-state index in [1.807, 2.05) is 20.8 Å². The molecule has 2 N–H and O–H groups in total. The Labute approximate surface area is 115 Å². The largest absolute Gasteiger partial charge is 0.304 e. The molecule has 7 heteroatoms. The summed E-state index contributed by atoms with van der Waals surface area (Å²) in [6, 6.07) is 3.25. The molecule has 0 aliphatic heterocycles. The Hall–Kier alpha value is -1.95. The minimum atomic E-state index is -0.415. The third kappa shape index (κ3) is 3.29. The van der Waals surface area contributed by atoms with Gasteiger partial charge in [-0.3, -0.25) is 9.89 Å². The van der Waals surface area contributed by atoms with Crippen LogP contribution in [-0.4, -0.2) is 26.1 Å². The second kappa shape index (κ2) is 4.97. The Kier molecular flexibility index (Phi) is 3.53. The molecule has 0 aliphatic rings. The maximum atomic E-state index is 11.9. The smallest absolute Gasteiger partial charge is 0.296 e. The highest BCUT2D eigenvalue weighted by Gasteiger charge is 2.21. The van der Waals surface area contributed by atoms with Gasteiger partial charge in [-0.2, -0.15) is 0 Å². The molecular formula is C12H14ClN5O. The maximum absolute atomic E-state index is 11.9. The summed E-state index contributed by atoms with van der Waals surface area (Å²) in [4.78, 5) is 20.0. The number of H-pyrrole nitrogens is 1. The predicted molar refractivity (Wildman–Crippen MR) is 72.3 cm³/mol. The van der Waals surface area contributed by atoms with Gasteiger partial charge in [0.15, 0.2) is 0 Å². The second-order valence-corrected chi connectivity index (χ2v) is 5.51. The molecule has 0 fully saturated rings. The summed E-state index contributed by atoms with van der Waals surface area (Å²) in [6.07, 6.45) is 1.45. The predicted octanol–water partition coefficient (Wildman–Crippen LogP) is 2.40. The van der Waals surface area contributed by atoms with Gasteiger partial charge in [0.2, 0.25) is 5.82 Å². The Morgan fingerprint density at radius 1 is 1.37 bits per heavy atom. The van der Waals surface area contributed by atoms with Crippen molar-refractivity contribution in [1.82, 2.24) is 20.2 Å². The van der Waals surface area contributed by atoms with Gasteiger partial charge in [-0.05, 0) is 12.1 Å². The van der Waals surface area contributed by atoms with E-state index in [4.69, 9.17) is 11.6 Å². The van der Waals surface area contributed by atoms with Crippen LogP contribution in [0, 0.1) is 0 Å². The number of pyridine rings is 1. The number of rotatable bonds is 2. The van der Waals surface area contributed by atoms with Crippen LogP contribution in [0.3, 0.4) is 0 Å². The first kappa shape index (κ1) is 13.5. The number of aromatic nitrogens is 4. The molecule has 0 atom stereocenters. The van der Waals surface area contributed by atoms with E-state index in [0.717, 1.165) is 0 Å². The van der Waals surface area contributed by atoms with E-state index in [9.17, 15) is 4.79 Å². The van der Waals surface area contributed by atoms with E-state index < -0.39 is 5.91 Å². The van der Waals surface area contributed by atoms with Gasteiger partial charge < -0.3 is 5.32 Å². The zero-order valence-electron chi connectivity index (χ0n) is 10.9. The SMILES string of the molecule is CC(C)(C)c1nc(C(=O)Nc2ccc(Cl)cn2)n[nH]1. The van der Waals surface area contributed by atoms with Crippen LogP contribution < -0.4 is 5.32 Å². The summed E-state index contributed by atoms with van der Waals surface area (Å²) in [5, 5.41) is 9.75. The first-order chi connectivity index (χ1) is 8.86. The molecule has 6 nitrogen and oxygen atoms in total. The molecule has 0 spiro atoms. The molecular weight excluding hydrogens is 266 g/mol. The van der Waals surface area contributed by atoms with Crippen LogP contribution in [0.2, 0.25) is 5.02 Å². The van der Waals surface area contributed by atoms with Gasteiger partial charge in [-0.15, -0.1) is 5.10 Å². The fourth-order valence-electron chi connectivity index (χ4n) is 1.32. The summed E-state index contributed by atoms with van der Waals surface area (Å²) < 4.78 is 0. The van der Waals surface area contributed by atoms with Crippen molar-refractivity contribution in [1.29, 1.82) is 0 Å². The normalized spacial score (nSPS) is 11.4. The van der Waals surface area contributed by atoms with Crippen molar-refractivity contribution in [3.8, 4) is 0 Å². The standard InChI is InChI=1S/C12H14ClN5O/c1-12(2,3)11-16-9(17-18-11)10(19)15-8-5-4-7(13)6-14-8/h4-6H,1-3H3,(H,14,15,19)(H,16,17,18). The molecule has 100 valence electrons. The first-order valence-electron chi connectivity index (χ1n) is 5.72. The van der Waals surface area contributed by atoms with Crippen LogP contribution in [0.25, 0.3) is 0 Å². The topological polar surface area (TPSA) is 83.6 Å². The Balaban J connectivity index is 2.12. The van der Waals surface area contributed by atoms with Crippen molar-refractivity contribution in [2.75, 3.05) is 5.32 Å². The van der Waals surface area contributed by atoms with Crippen LogP contribution in [-0.2, 0) is 5.41 Å². The highest BCUT2D eigenvalue weighted by atomic mass is 35.5. The number of nitrogens with one attached hydrogen (secondary N) is 2. The molecule has 0 saturated heterocycles. The van der Waals surface area contributed by atoms with E-state index in [2.05, 4.69) is 25.5 Å². The Morgan fingerprint density at radius 2 is 2.11 bits per heavy atom. The molecule has 2 rings (SSSR count). The summed E-state index contributed by atoms with van der Waals surface area (Å²) in [5.41, 5.74) is -0.190. The number of nitrogens with zero attached hydrogens (tertiary/aromatic N) is 3. The van der Waals surface area contributed by atoms with Gasteiger partial charge in [-0.1, -0.05) is 32.4 Å². The molecule has 0 unspecified atom stereocenters. The summed E-state index contributed by atoms with van der Waals surface area (Å²) in [6.45, 7) is 5.95.